The molecule has 16 nitrogen and oxygen atoms in total. The monoisotopic (exact) mass is 999 g/mol. The van der Waals surface area contributed by atoms with Crippen LogP contribution in [-0.4, -0.2) is 116 Å². The first-order chi connectivity index (χ1) is 32.8. The van der Waals surface area contributed by atoms with Crippen LogP contribution in [0.2, 0.25) is 5.02 Å². The molecule has 3 aromatic heterocycles. The van der Waals surface area contributed by atoms with Crippen molar-refractivity contribution in [3.8, 4) is 15.4 Å². The van der Waals surface area contributed by atoms with Gasteiger partial charge < -0.3 is 35.4 Å². The number of aliphatic hydroxyl groups excluding tert-OH is 1. The predicted octanol–water partition coefficient (Wildman–Crippen LogP) is 6.92. The Morgan fingerprint density at radius 2 is 1.65 bits per heavy atom. The number of β-amino-alcohol motifs (C(OH)–C–C–N with tert-alkyl or cyclic N) is 1. The minimum Gasteiger partial charge on any atom is -0.391 e. The van der Waals surface area contributed by atoms with E-state index in [0.29, 0.717) is 29.7 Å². The van der Waals surface area contributed by atoms with Gasteiger partial charge in [-0.3, -0.25) is 28.7 Å². The normalized spacial score (nSPS) is 18.1. The van der Waals surface area contributed by atoms with Crippen molar-refractivity contribution in [1.29, 1.82) is 0 Å². The fourth-order valence-electron chi connectivity index (χ4n) is 8.52. The van der Waals surface area contributed by atoms with E-state index in [2.05, 4.69) is 45.0 Å². The molecule has 0 spiro atoms. The number of halogens is 1. The van der Waals surface area contributed by atoms with Crippen molar-refractivity contribution in [3.63, 3.8) is 0 Å². The molecule has 7 rings (SSSR count). The number of nitrogens with one attached hydrogen (secondary N) is 3. The predicted molar refractivity (Wildman–Crippen MR) is 268 cm³/mol. The second-order valence-electron chi connectivity index (χ2n) is 18.8. The average molecular weight is 1000 g/mol. The topological polar surface area (TPSA) is 202 Å². The first-order valence-electron chi connectivity index (χ1n) is 23.2. The summed E-state index contributed by atoms with van der Waals surface area (Å²) in [7, 11) is 0. The fourth-order valence-corrected chi connectivity index (χ4v) is 10.7. The molecule has 6 atom stereocenters. The molecule has 1 fully saturated rings. The third-order valence-corrected chi connectivity index (χ3v) is 14.9. The summed E-state index contributed by atoms with van der Waals surface area (Å²) in [6.07, 6.45) is -1.18. The number of nitrogens with zero attached hydrogens (tertiary/aromatic N) is 6. The van der Waals surface area contributed by atoms with Gasteiger partial charge in [-0.25, -0.2) is 4.98 Å². The molecule has 4 N–H and O–H groups in total. The molecule has 5 heterocycles. The Kier molecular flexibility index (Phi) is 16.5. The number of aromatic nitrogens is 4. The van der Waals surface area contributed by atoms with Crippen molar-refractivity contribution in [2.75, 3.05) is 32.9 Å². The number of hydrogen-bond acceptors (Lipinski definition) is 13. The first-order valence-corrected chi connectivity index (χ1v) is 25.3. The van der Waals surface area contributed by atoms with Crippen LogP contribution in [0.15, 0.2) is 59.0 Å². The zero-order chi connectivity index (χ0) is 49.7. The number of carbonyl (C=O) groups excluding carboxylic acids is 4. The summed E-state index contributed by atoms with van der Waals surface area (Å²) < 4.78 is 13.6. The Balaban J connectivity index is 0.855. The number of rotatable bonds is 18. The Morgan fingerprint density at radius 1 is 0.942 bits per heavy atom. The number of aliphatic hydroxyl groups is 1. The average Bonchev–Trinajstić information content (AvgIpc) is 4.08. The Hall–Kier alpha value is -5.37. The number of thiazole rings is 1. The minimum absolute atomic E-state index is 0.0346. The molecule has 2 aliphatic heterocycles. The molecule has 2 aliphatic rings. The molecule has 0 radical (unpaired) electrons. The smallest absolute Gasteiger partial charge is 0.249 e. The summed E-state index contributed by atoms with van der Waals surface area (Å²) >= 11 is 9.46. The second-order valence-corrected chi connectivity index (χ2v) is 21.3. The van der Waals surface area contributed by atoms with Gasteiger partial charge in [0.1, 0.15) is 35.1 Å². The van der Waals surface area contributed by atoms with Crippen LogP contribution in [0.5, 0.6) is 0 Å². The van der Waals surface area contributed by atoms with E-state index in [9.17, 15) is 24.3 Å². The summed E-state index contributed by atoms with van der Waals surface area (Å²) in [4.78, 5) is 67.8. The molecule has 2 aromatic carbocycles. The van der Waals surface area contributed by atoms with E-state index in [-0.39, 0.29) is 57.0 Å². The summed E-state index contributed by atoms with van der Waals surface area (Å²) in [5, 5.41) is 30.0. The Morgan fingerprint density at radius 3 is 2.33 bits per heavy atom. The number of amides is 4. The van der Waals surface area contributed by atoms with Gasteiger partial charge in [0.2, 0.25) is 23.6 Å². The van der Waals surface area contributed by atoms with E-state index >= 15 is 0 Å². The lowest BCUT2D eigenvalue weighted by molar-refractivity contribution is -0.146. The van der Waals surface area contributed by atoms with Crippen LogP contribution in [0.25, 0.3) is 15.4 Å². The largest absolute Gasteiger partial charge is 0.391 e. The standard InChI is InChI=1S/C50H62ClN9O7S2/c1-27-31(5)69-49-41(27)42(34-15-17-36(51)18-16-34)55-38(45-58-57-32(6)60(45)49)24-40(62)52-19-22-66-20-10-21-67-30(4)46(63)56-44(50(7,8)9)48(65)59-25-37(61)23-39(59)47(64)54-28(2)33-11-13-35(14-12-33)43-29(3)53-26-68-43/h11-18,26,28,30,37-39,44,61H,10,19-25H2,1-9H3,(H,52,62)(H,54,64)(H,56,63)/t28-,30?,37+,38?,39-,44+/m0/s1. The molecule has 368 valence electrons. The fraction of sp³-hybridized carbons (Fsp3) is 0.480. The number of ether oxygens (including phenoxy) is 2. The SMILES string of the molecule is Cc1ncsc1-c1ccc([C@H](C)NC(=O)[C@@H]2C[C@@H](O)CN2C(=O)[C@@H](NC(=O)C(C)OCCCOCCNC(=O)CC2N=C(c3ccc(Cl)cc3)c3c(sc(C)c3C)-n3c(C)nnc32)C(C)(C)C)cc1. The van der Waals surface area contributed by atoms with Crippen molar-refractivity contribution in [1.82, 2.24) is 40.6 Å². The van der Waals surface area contributed by atoms with E-state index in [1.165, 1.54) is 4.90 Å². The number of fused-ring (bicyclic) bond motifs is 3. The van der Waals surface area contributed by atoms with Crippen molar-refractivity contribution in [2.24, 2.45) is 10.4 Å². The van der Waals surface area contributed by atoms with Gasteiger partial charge in [-0.1, -0.05) is 68.8 Å². The van der Waals surface area contributed by atoms with Crippen LogP contribution in [0.4, 0.5) is 0 Å². The van der Waals surface area contributed by atoms with E-state index in [1.807, 2.05) is 100 Å². The molecule has 0 aliphatic carbocycles. The molecule has 0 saturated carbocycles. The van der Waals surface area contributed by atoms with Crippen molar-refractivity contribution < 1.29 is 33.8 Å². The van der Waals surface area contributed by atoms with Crippen LogP contribution in [0.3, 0.4) is 0 Å². The minimum atomic E-state index is -1.00. The van der Waals surface area contributed by atoms with Crippen molar-refractivity contribution >= 4 is 63.6 Å². The zero-order valence-corrected chi connectivity index (χ0v) is 43.0. The van der Waals surface area contributed by atoms with Gasteiger partial charge in [0, 0.05) is 53.8 Å². The van der Waals surface area contributed by atoms with Gasteiger partial charge >= 0.3 is 0 Å². The summed E-state index contributed by atoms with van der Waals surface area (Å²) in [6, 6.07) is 12.6. The van der Waals surface area contributed by atoms with Gasteiger partial charge in [0.25, 0.3) is 0 Å². The number of thiophene rings is 1. The van der Waals surface area contributed by atoms with Crippen molar-refractivity contribution in [3.05, 3.63) is 104 Å². The summed E-state index contributed by atoms with van der Waals surface area (Å²) in [5.74, 6) is -0.219. The van der Waals surface area contributed by atoms with E-state index < -0.39 is 47.6 Å². The van der Waals surface area contributed by atoms with Crippen molar-refractivity contribution in [2.45, 2.75) is 118 Å². The number of aryl methyl sites for hydroxylation is 3. The van der Waals surface area contributed by atoms with Crippen LogP contribution < -0.4 is 16.0 Å². The number of hydrogen-bond donors (Lipinski definition) is 4. The third kappa shape index (κ3) is 12.0. The second kappa shape index (κ2) is 22.2. The van der Waals surface area contributed by atoms with Gasteiger partial charge in [0.15, 0.2) is 5.82 Å². The molecule has 1 saturated heterocycles. The molecule has 2 unspecified atom stereocenters. The van der Waals surface area contributed by atoms with Crippen LogP contribution >= 0.6 is 34.3 Å². The quantitative estimate of drug-likeness (QED) is 0.0668. The molecule has 0 bridgehead atoms. The number of likely N-dealkylation sites (tertiary alicyclic amines) is 1. The maximum atomic E-state index is 14.2. The highest BCUT2D eigenvalue weighted by Crippen LogP contribution is 2.40. The van der Waals surface area contributed by atoms with Crippen LogP contribution in [-0.2, 0) is 28.7 Å². The van der Waals surface area contributed by atoms with Gasteiger partial charge in [0.05, 0.1) is 47.0 Å². The zero-order valence-electron chi connectivity index (χ0n) is 40.6. The molecule has 19 heteroatoms. The number of benzene rings is 2. The lowest BCUT2D eigenvalue weighted by atomic mass is 9.85. The van der Waals surface area contributed by atoms with Gasteiger partial charge in [-0.2, -0.15) is 0 Å². The lowest BCUT2D eigenvalue weighted by Gasteiger charge is -2.36. The summed E-state index contributed by atoms with van der Waals surface area (Å²) in [6.45, 7) is 18.0. The third-order valence-electron chi connectivity index (χ3n) is 12.5. The Bertz CT molecular complexity index is 2670. The number of carbonyl (C=O) groups is 4. The summed E-state index contributed by atoms with van der Waals surface area (Å²) in [5.41, 5.74) is 7.74. The highest BCUT2D eigenvalue weighted by atomic mass is 35.5. The molecule has 4 amide bonds. The highest BCUT2D eigenvalue weighted by Gasteiger charge is 2.45. The Labute approximate surface area is 416 Å². The van der Waals surface area contributed by atoms with E-state index in [0.717, 1.165) is 54.0 Å². The highest BCUT2D eigenvalue weighted by molar-refractivity contribution is 7.15. The van der Waals surface area contributed by atoms with Gasteiger partial charge in [-0.05, 0) is 82.2 Å². The number of aliphatic imine (C=N–C) groups is 1. The van der Waals surface area contributed by atoms with Gasteiger partial charge in [-0.15, -0.1) is 32.9 Å². The van der Waals surface area contributed by atoms with E-state index in [1.54, 1.807) is 29.6 Å². The maximum Gasteiger partial charge on any atom is 0.249 e. The lowest BCUT2D eigenvalue weighted by Crippen LogP contribution is -2.59. The first kappa shape index (κ1) is 51.5. The molecule has 69 heavy (non-hydrogen) atoms. The van der Waals surface area contributed by atoms with Crippen LogP contribution in [0, 0.1) is 33.1 Å². The van der Waals surface area contributed by atoms with E-state index in [4.69, 9.17) is 26.1 Å². The molecule has 5 aromatic rings. The maximum absolute atomic E-state index is 14.2. The van der Waals surface area contributed by atoms with Crippen LogP contribution in [0.1, 0.15) is 110 Å². The molecular weight excluding hydrogens is 938 g/mol. The molecular formula is C50H62ClN9O7S2.